The lowest BCUT2D eigenvalue weighted by atomic mass is 10.4. The van der Waals surface area contributed by atoms with Gasteiger partial charge in [0.25, 0.3) is 0 Å². The number of likely N-dealkylation sites (N-methyl/N-ethyl adjacent to an activating group) is 1. The van der Waals surface area contributed by atoms with Gasteiger partial charge in [0.2, 0.25) is 5.91 Å². The van der Waals surface area contributed by atoms with E-state index < -0.39 is 7.26 Å². The summed E-state index contributed by atoms with van der Waals surface area (Å²) in [5.41, 5.74) is 0. The van der Waals surface area contributed by atoms with Gasteiger partial charge in [-0.15, -0.1) is 0 Å². The molecular weight excluding hydrogens is 427 g/mol. The predicted octanol–water partition coefficient (Wildman–Crippen LogP) is -0.663. The fraction of sp³-hybridized carbons (Fsp3) is 0.240. The number of nitrogens with one attached hydrogen (secondary N) is 2. The van der Waals surface area contributed by atoms with Gasteiger partial charge in [0.15, 0.2) is 0 Å². The van der Waals surface area contributed by atoms with E-state index in [1.807, 2.05) is 0 Å². The largest absolute Gasteiger partial charge is 1.00 e. The van der Waals surface area contributed by atoms with Gasteiger partial charge in [0.1, 0.15) is 23.2 Å². The van der Waals surface area contributed by atoms with Gasteiger partial charge in [0.05, 0.1) is 25.9 Å². The third kappa shape index (κ3) is 6.62. The summed E-state index contributed by atoms with van der Waals surface area (Å²) in [6.07, 6.45) is 0.931. The van der Waals surface area contributed by atoms with E-state index in [2.05, 4.69) is 102 Å². The van der Waals surface area contributed by atoms with Gasteiger partial charge in [-0.2, -0.15) is 0 Å². The van der Waals surface area contributed by atoms with Crippen LogP contribution in [0.15, 0.2) is 91.0 Å². The van der Waals surface area contributed by atoms with Gasteiger partial charge in [0, 0.05) is 13.6 Å². The summed E-state index contributed by atoms with van der Waals surface area (Å²) in [5, 5.41) is 9.80. The second kappa shape index (κ2) is 13.2. The number of benzene rings is 3. The lowest BCUT2D eigenvalue weighted by molar-refractivity contribution is -0.119. The number of halogens is 1. The van der Waals surface area contributed by atoms with Crippen LogP contribution < -0.4 is 39.0 Å². The molecule has 0 saturated heterocycles. The molecule has 0 aliphatic heterocycles. The van der Waals surface area contributed by atoms with Crippen molar-refractivity contribution >= 4 is 29.1 Å². The second-order valence-electron chi connectivity index (χ2n) is 7.00. The molecule has 1 amide bonds. The number of carbonyl (C=O) groups is 1. The average molecular weight is 457 g/mol. The lowest BCUT2D eigenvalue weighted by Crippen LogP contribution is -3.00. The number of hydrogen-bond donors (Lipinski definition) is 2. The van der Waals surface area contributed by atoms with Gasteiger partial charge in [-0.3, -0.25) is 4.79 Å². The van der Waals surface area contributed by atoms with Crippen molar-refractivity contribution in [3.63, 3.8) is 0 Å². The van der Waals surface area contributed by atoms with Crippen LogP contribution in [-0.4, -0.2) is 45.4 Å². The van der Waals surface area contributed by atoms with Crippen molar-refractivity contribution in [1.29, 1.82) is 0 Å². The van der Waals surface area contributed by atoms with Crippen molar-refractivity contribution in [1.82, 2.24) is 10.6 Å². The van der Waals surface area contributed by atoms with Crippen molar-refractivity contribution in [2.45, 2.75) is 0 Å². The fourth-order valence-corrected chi connectivity index (χ4v) is 7.74. The normalized spacial score (nSPS) is 10.9. The van der Waals surface area contributed by atoms with Gasteiger partial charge in [-0.25, -0.2) is 0 Å². The summed E-state index contributed by atoms with van der Waals surface area (Å²) in [6.45, 7) is 2.21. The van der Waals surface area contributed by atoms with E-state index in [0.29, 0.717) is 26.3 Å². The first kappa shape index (κ1) is 25.0. The summed E-state index contributed by atoms with van der Waals surface area (Å²) < 4.78 is 6.00. The van der Waals surface area contributed by atoms with E-state index in [9.17, 15) is 4.79 Å². The molecule has 4 nitrogen and oxygen atoms in total. The maximum Gasteiger partial charge on any atom is 0.233 e. The van der Waals surface area contributed by atoms with E-state index in [0.717, 1.165) is 6.16 Å². The van der Waals surface area contributed by atoms with Crippen LogP contribution in [0, 0.1) is 0 Å². The summed E-state index contributed by atoms with van der Waals surface area (Å²) >= 11 is 0. The van der Waals surface area contributed by atoms with E-state index in [-0.39, 0.29) is 18.3 Å². The van der Waals surface area contributed by atoms with E-state index in [1.54, 1.807) is 7.05 Å². The van der Waals surface area contributed by atoms with Crippen molar-refractivity contribution in [2.24, 2.45) is 0 Å². The first-order valence-corrected chi connectivity index (χ1v) is 12.3. The highest BCUT2D eigenvalue weighted by Crippen LogP contribution is 2.54. The Labute approximate surface area is 192 Å². The summed E-state index contributed by atoms with van der Waals surface area (Å²) in [4.78, 5) is 11.3. The second-order valence-corrected chi connectivity index (χ2v) is 10.6. The number of carbonyl (C=O) groups excluding carboxylic acids is 1. The minimum Gasteiger partial charge on any atom is -1.00 e. The highest BCUT2D eigenvalue weighted by molar-refractivity contribution is 7.95. The van der Waals surface area contributed by atoms with Crippen LogP contribution in [0.25, 0.3) is 0 Å². The van der Waals surface area contributed by atoms with Crippen LogP contribution in [0.1, 0.15) is 0 Å². The van der Waals surface area contributed by atoms with Crippen molar-refractivity contribution in [3.05, 3.63) is 91.0 Å². The molecular formula is C25H30ClN2O2P. The monoisotopic (exact) mass is 456 g/mol. The molecule has 0 unspecified atom stereocenters. The number of ether oxygens (including phenoxy) is 1. The molecule has 31 heavy (non-hydrogen) atoms. The molecule has 0 spiro atoms. The number of hydrogen-bond acceptors (Lipinski definition) is 3. The zero-order valence-electron chi connectivity index (χ0n) is 17.8. The Kier molecular flexibility index (Phi) is 10.7. The highest BCUT2D eigenvalue weighted by atomic mass is 35.5. The summed E-state index contributed by atoms with van der Waals surface area (Å²) in [5.74, 6) is -0.0165. The molecule has 0 heterocycles. The molecule has 3 aromatic rings. The molecule has 0 fully saturated rings. The maximum absolute atomic E-state index is 11.3. The molecule has 3 rings (SSSR count). The van der Waals surface area contributed by atoms with Crippen LogP contribution in [-0.2, 0) is 9.53 Å². The van der Waals surface area contributed by atoms with Gasteiger partial charge in [-0.1, -0.05) is 54.6 Å². The average Bonchev–Trinajstić information content (AvgIpc) is 2.82. The minimum atomic E-state index is -1.84. The Bertz CT molecular complexity index is 799. The van der Waals surface area contributed by atoms with Crippen LogP contribution in [0.3, 0.4) is 0 Å². The minimum absolute atomic E-state index is 0. The molecule has 164 valence electrons. The first-order valence-electron chi connectivity index (χ1n) is 10.3. The maximum atomic E-state index is 11.3. The fourth-order valence-electron chi connectivity index (χ4n) is 3.62. The summed E-state index contributed by atoms with van der Waals surface area (Å²) in [6, 6.07) is 32.5. The third-order valence-corrected chi connectivity index (χ3v) is 9.54. The van der Waals surface area contributed by atoms with E-state index in [4.69, 9.17) is 4.74 Å². The van der Waals surface area contributed by atoms with Crippen LogP contribution in [0.2, 0.25) is 0 Å². The van der Waals surface area contributed by atoms with Gasteiger partial charge < -0.3 is 27.8 Å². The molecule has 3 aromatic carbocycles. The number of rotatable bonds is 11. The van der Waals surface area contributed by atoms with Crippen molar-refractivity contribution in [2.75, 3.05) is 39.5 Å². The molecule has 2 N–H and O–H groups in total. The van der Waals surface area contributed by atoms with Gasteiger partial charge >= 0.3 is 0 Å². The van der Waals surface area contributed by atoms with E-state index >= 15 is 0 Å². The standard InChI is InChI=1S/C25H29N2O2P.ClH/c1-26-25(28)21-27-17-18-29-19-20-30(22-11-5-2-6-12-22,23-13-7-3-8-14-23)24-15-9-4-10-16-24;/h2-16,27H,17-21H2,1H3;1H. The molecule has 0 aliphatic rings. The predicted molar refractivity (Wildman–Crippen MR) is 128 cm³/mol. The molecule has 0 radical (unpaired) electrons. The SMILES string of the molecule is CNC(=O)CNCCOCC[P+](c1ccccc1)(c1ccccc1)c1ccccc1.[Cl-]. The van der Waals surface area contributed by atoms with Crippen LogP contribution in [0.4, 0.5) is 0 Å². The lowest BCUT2D eigenvalue weighted by Gasteiger charge is -2.27. The quantitative estimate of drug-likeness (QED) is 0.297. The van der Waals surface area contributed by atoms with Crippen LogP contribution in [0.5, 0.6) is 0 Å². The summed E-state index contributed by atoms with van der Waals surface area (Å²) in [7, 11) is -0.199. The topological polar surface area (TPSA) is 50.4 Å². The Morgan fingerprint density at radius 2 is 1.23 bits per heavy atom. The number of amides is 1. The smallest absolute Gasteiger partial charge is 0.233 e. The van der Waals surface area contributed by atoms with Crippen molar-refractivity contribution in [3.8, 4) is 0 Å². The Balaban J connectivity index is 0.00000341. The molecule has 0 aromatic heterocycles. The molecule has 0 aliphatic carbocycles. The third-order valence-electron chi connectivity index (χ3n) is 5.15. The Morgan fingerprint density at radius 3 is 1.65 bits per heavy atom. The zero-order valence-corrected chi connectivity index (χ0v) is 19.5. The molecule has 0 saturated carbocycles. The highest BCUT2D eigenvalue weighted by Gasteiger charge is 2.44. The Morgan fingerprint density at radius 1 is 0.774 bits per heavy atom. The molecule has 0 atom stereocenters. The van der Waals surface area contributed by atoms with Crippen LogP contribution >= 0.6 is 7.26 Å². The zero-order chi connectivity index (χ0) is 21.1. The Hall–Kier alpha value is -2.23. The van der Waals surface area contributed by atoms with Crippen molar-refractivity contribution < 1.29 is 21.9 Å². The molecule has 0 bridgehead atoms. The molecule has 6 heteroatoms. The first-order chi connectivity index (χ1) is 14.8. The van der Waals surface area contributed by atoms with E-state index in [1.165, 1.54) is 15.9 Å². The van der Waals surface area contributed by atoms with Gasteiger partial charge in [-0.05, 0) is 36.4 Å².